The van der Waals surface area contributed by atoms with E-state index in [2.05, 4.69) is 20.8 Å². The van der Waals surface area contributed by atoms with Crippen molar-refractivity contribution in [3.63, 3.8) is 0 Å². The number of nitrogens with zero attached hydrogens (tertiary/aromatic N) is 3. The number of nitrogens with one attached hydrogen (secondary N) is 1. The number of fused-ring (bicyclic) bond motifs is 1. The fourth-order valence-corrected chi connectivity index (χ4v) is 5.78. The lowest BCUT2D eigenvalue weighted by molar-refractivity contribution is 0.0674. The molecule has 1 saturated heterocycles. The highest BCUT2D eigenvalue weighted by Gasteiger charge is 2.36. The van der Waals surface area contributed by atoms with Gasteiger partial charge in [0, 0.05) is 30.4 Å². The third kappa shape index (κ3) is 4.69. The van der Waals surface area contributed by atoms with Gasteiger partial charge in [0.15, 0.2) is 0 Å². The number of pyridine rings is 2. The van der Waals surface area contributed by atoms with E-state index < -0.39 is 21.3 Å². The third-order valence-electron chi connectivity index (χ3n) is 6.70. The minimum absolute atomic E-state index is 0.0562. The highest BCUT2D eigenvalue weighted by atomic mass is 32.2. The number of nitriles is 1. The maximum Gasteiger partial charge on any atom is 0.283 e. The molecule has 1 amide bonds. The van der Waals surface area contributed by atoms with Crippen molar-refractivity contribution >= 4 is 26.8 Å². The Kier molecular flexibility index (Phi) is 6.80. The molecule has 192 valence electrons. The van der Waals surface area contributed by atoms with Gasteiger partial charge in [-0.1, -0.05) is 24.3 Å². The van der Waals surface area contributed by atoms with E-state index in [-0.39, 0.29) is 16.3 Å². The van der Waals surface area contributed by atoms with Crippen LogP contribution in [-0.4, -0.2) is 44.6 Å². The second kappa shape index (κ2) is 10.2. The second-order valence-corrected chi connectivity index (χ2v) is 10.5. The van der Waals surface area contributed by atoms with Crippen molar-refractivity contribution in [2.75, 3.05) is 20.3 Å². The lowest BCUT2D eigenvalue weighted by Crippen LogP contribution is -2.34. The summed E-state index contributed by atoms with van der Waals surface area (Å²) in [6, 6.07) is 21.1. The molecule has 2 aromatic heterocycles. The maximum atomic E-state index is 13.4. The van der Waals surface area contributed by atoms with E-state index in [1.807, 2.05) is 24.3 Å². The number of ether oxygens (including phenoxy) is 2. The molecule has 0 unspecified atom stereocenters. The van der Waals surface area contributed by atoms with E-state index >= 15 is 0 Å². The molecule has 0 aliphatic carbocycles. The fraction of sp³-hybridized carbons (Fsp3) is 0.214. The first-order chi connectivity index (χ1) is 18.4. The van der Waals surface area contributed by atoms with E-state index in [1.165, 1.54) is 25.3 Å². The Hall–Kier alpha value is -4.33. The number of amides is 1. The van der Waals surface area contributed by atoms with Crippen molar-refractivity contribution in [2.24, 2.45) is 0 Å². The van der Waals surface area contributed by atoms with Crippen LogP contribution in [0.4, 0.5) is 0 Å². The van der Waals surface area contributed by atoms with Crippen molar-refractivity contribution in [1.82, 2.24) is 14.7 Å². The molecule has 0 saturated carbocycles. The minimum Gasteiger partial charge on any atom is -0.495 e. The zero-order chi connectivity index (χ0) is 26.8. The van der Waals surface area contributed by atoms with Crippen LogP contribution in [0, 0.1) is 11.3 Å². The lowest BCUT2D eigenvalue weighted by Gasteiger charge is -2.31. The standard InChI is InChI=1S/C28H24N4O5S/c1-36-25-11-8-19(28(18-29)12-15-37-16-13-28)17-26(25)38(34,35)32-27(33)24-10-9-21-20(5-4-7-23(21)31-24)22-6-2-3-14-30-22/h2-11,14,17H,12-13,15-16H2,1H3,(H,32,33). The monoisotopic (exact) mass is 528 g/mol. The molecule has 9 nitrogen and oxygen atoms in total. The van der Waals surface area contributed by atoms with Crippen LogP contribution in [0.3, 0.4) is 0 Å². The van der Waals surface area contributed by atoms with Crippen LogP contribution < -0.4 is 9.46 Å². The highest BCUT2D eigenvalue weighted by molar-refractivity contribution is 7.90. The van der Waals surface area contributed by atoms with Crippen LogP contribution in [0.1, 0.15) is 28.9 Å². The summed E-state index contributed by atoms with van der Waals surface area (Å²) < 4.78 is 39.5. The molecule has 38 heavy (non-hydrogen) atoms. The molecule has 1 aliphatic heterocycles. The van der Waals surface area contributed by atoms with Gasteiger partial charge in [-0.15, -0.1) is 0 Å². The number of rotatable bonds is 6. The Labute approximate surface area is 220 Å². The van der Waals surface area contributed by atoms with Crippen LogP contribution in [0.15, 0.2) is 77.8 Å². The average molecular weight is 529 g/mol. The number of aromatic nitrogens is 2. The summed E-state index contributed by atoms with van der Waals surface area (Å²) in [6.07, 6.45) is 2.56. The fourth-order valence-electron chi connectivity index (χ4n) is 4.63. The molecule has 1 N–H and O–H groups in total. The number of carbonyl (C=O) groups is 1. The number of hydrogen-bond acceptors (Lipinski definition) is 8. The largest absolute Gasteiger partial charge is 0.495 e. The summed E-state index contributed by atoms with van der Waals surface area (Å²) in [5, 5.41) is 10.7. The van der Waals surface area contributed by atoms with Crippen molar-refractivity contribution in [2.45, 2.75) is 23.2 Å². The Morgan fingerprint density at radius 3 is 2.61 bits per heavy atom. The van der Waals surface area contributed by atoms with E-state index in [1.54, 1.807) is 30.5 Å². The minimum atomic E-state index is -4.37. The third-order valence-corrected chi connectivity index (χ3v) is 8.05. The van der Waals surface area contributed by atoms with Gasteiger partial charge in [0.25, 0.3) is 15.9 Å². The van der Waals surface area contributed by atoms with E-state index in [0.29, 0.717) is 37.1 Å². The molecule has 4 aromatic rings. The van der Waals surface area contributed by atoms with Crippen LogP contribution in [0.2, 0.25) is 0 Å². The van der Waals surface area contributed by atoms with Crippen LogP contribution in [0.25, 0.3) is 22.2 Å². The summed E-state index contributed by atoms with van der Waals surface area (Å²) in [4.78, 5) is 21.6. The van der Waals surface area contributed by atoms with Gasteiger partial charge >= 0.3 is 0 Å². The quantitative estimate of drug-likeness (QED) is 0.397. The first-order valence-electron chi connectivity index (χ1n) is 11.9. The summed E-state index contributed by atoms with van der Waals surface area (Å²) in [5.74, 6) is -0.829. The van der Waals surface area contributed by atoms with E-state index in [4.69, 9.17) is 9.47 Å². The predicted octanol–water partition coefficient (Wildman–Crippen LogP) is 4.00. The molecule has 0 spiro atoms. The molecule has 0 atom stereocenters. The topological polar surface area (TPSA) is 131 Å². The van der Waals surface area contributed by atoms with Gasteiger partial charge in [-0.05, 0) is 60.9 Å². The first-order valence-corrected chi connectivity index (χ1v) is 13.4. The molecule has 10 heteroatoms. The molecule has 0 radical (unpaired) electrons. The van der Waals surface area contributed by atoms with Crippen molar-refractivity contribution in [3.05, 3.63) is 84.2 Å². The number of sulfonamides is 1. The van der Waals surface area contributed by atoms with Crippen LogP contribution in [0.5, 0.6) is 5.75 Å². The van der Waals surface area contributed by atoms with Gasteiger partial charge in [0.05, 0.1) is 29.8 Å². The zero-order valence-corrected chi connectivity index (χ0v) is 21.4. The van der Waals surface area contributed by atoms with Gasteiger partial charge in [-0.25, -0.2) is 18.1 Å². The lowest BCUT2D eigenvalue weighted by atomic mass is 9.75. The Balaban J connectivity index is 1.47. The first kappa shape index (κ1) is 25.3. The van der Waals surface area contributed by atoms with Crippen LogP contribution >= 0.6 is 0 Å². The molecule has 1 fully saturated rings. The summed E-state index contributed by atoms with van der Waals surface area (Å²) >= 11 is 0. The van der Waals surface area contributed by atoms with Gasteiger partial charge in [-0.2, -0.15) is 5.26 Å². The summed E-state index contributed by atoms with van der Waals surface area (Å²) in [5.41, 5.74) is 1.70. The zero-order valence-electron chi connectivity index (χ0n) is 20.5. The number of hydrogen-bond donors (Lipinski definition) is 1. The summed E-state index contributed by atoms with van der Waals surface area (Å²) in [7, 11) is -3.02. The van der Waals surface area contributed by atoms with E-state index in [9.17, 15) is 18.5 Å². The smallest absolute Gasteiger partial charge is 0.283 e. The van der Waals surface area contributed by atoms with Crippen molar-refractivity contribution < 1.29 is 22.7 Å². The number of carbonyl (C=O) groups excluding carboxylic acids is 1. The number of methoxy groups -OCH3 is 1. The average Bonchev–Trinajstić information content (AvgIpc) is 2.96. The van der Waals surface area contributed by atoms with Gasteiger partial charge < -0.3 is 9.47 Å². The molecule has 1 aliphatic rings. The highest BCUT2D eigenvalue weighted by Crippen LogP contribution is 2.37. The molecular weight excluding hydrogens is 504 g/mol. The normalized spacial score (nSPS) is 14.9. The maximum absolute atomic E-state index is 13.4. The van der Waals surface area contributed by atoms with Crippen molar-refractivity contribution in [3.8, 4) is 23.1 Å². The Morgan fingerprint density at radius 2 is 1.89 bits per heavy atom. The SMILES string of the molecule is COc1ccc(C2(C#N)CCOCC2)cc1S(=O)(=O)NC(=O)c1ccc2c(-c3ccccn3)cccc2n1. The molecule has 0 bridgehead atoms. The van der Waals surface area contributed by atoms with Gasteiger partial charge in [-0.3, -0.25) is 9.78 Å². The Bertz CT molecular complexity index is 1660. The van der Waals surface area contributed by atoms with Gasteiger partial charge in [0.1, 0.15) is 16.3 Å². The van der Waals surface area contributed by atoms with E-state index in [0.717, 1.165) is 16.6 Å². The molecule has 5 rings (SSSR count). The molecule has 3 heterocycles. The summed E-state index contributed by atoms with van der Waals surface area (Å²) in [6.45, 7) is 0.794. The molecule has 2 aromatic carbocycles. The van der Waals surface area contributed by atoms with Gasteiger partial charge in [0.2, 0.25) is 0 Å². The molecular formula is C28H24N4O5S. The van der Waals surface area contributed by atoms with Crippen LogP contribution in [-0.2, 0) is 20.2 Å². The second-order valence-electron chi connectivity index (χ2n) is 8.89. The number of benzene rings is 2. The Morgan fingerprint density at radius 1 is 1.08 bits per heavy atom. The predicted molar refractivity (Wildman–Crippen MR) is 140 cm³/mol. The van der Waals surface area contributed by atoms with Crippen molar-refractivity contribution in [1.29, 1.82) is 5.26 Å².